The lowest BCUT2D eigenvalue weighted by molar-refractivity contribution is -0.125. The van der Waals surface area contributed by atoms with Crippen LogP contribution in [-0.2, 0) is 9.53 Å². The molecule has 52 valence electrons. The predicted octanol–water partition coefficient (Wildman–Crippen LogP) is -0.758. The Labute approximate surface area is 50.9 Å². The molecule has 0 radical (unpaired) electrons. The first-order chi connectivity index (χ1) is 4.16. The highest BCUT2D eigenvalue weighted by Crippen LogP contribution is 1.76. The average Bonchev–Trinajstić information content (AvgIpc) is 1.83. The number of hydrogen-bond acceptors (Lipinski definition) is 4. The van der Waals surface area contributed by atoms with Crippen LogP contribution in [0, 0.1) is 0 Å². The Hall–Kier alpha value is -1.10. The number of rotatable bonds is 3. The second-order valence-corrected chi connectivity index (χ2v) is 1.25. The normalized spacial score (nSPS) is 8.56. The van der Waals surface area contributed by atoms with Crippen LogP contribution in [0.3, 0.4) is 0 Å². The van der Waals surface area contributed by atoms with Gasteiger partial charge in [0.2, 0.25) is 0 Å². The van der Waals surface area contributed by atoms with Gasteiger partial charge in [0.05, 0.1) is 0 Å². The van der Waals surface area contributed by atoms with E-state index in [1.807, 2.05) is 0 Å². The van der Waals surface area contributed by atoms with Gasteiger partial charge in [0.25, 0.3) is 0 Å². The van der Waals surface area contributed by atoms with Crippen LogP contribution in [0.4, 0.5) is 4.79 Å². The van der Waals surface area contributed by atoms with Gasteiger partial charge in [-0.25, -0.2) is 4.79 Å². The first kappa shape index (κ1) is 7.90. The third-order valence-corrected chi connectivity index (χ3v) is 0.533. The summed E-state index contributed by atoms with van der Waals surface area (Å²) in [4.78, 5) is 19.6. The van der Waals surface area contributed by atoms with Crippen molar-refractivity contribution in [1.82, 2.24) is 0 Å². The van der Waals surface area contributed by atoms with Crippen molar-refractivity contribution in [2.75, 3.05) is 13.2 Å². The van der Waals surface area contributed by atoms with Gasteiger partial charge in [0.15, 0.2) is 12.4 Å². The smallest absolute Gasteiger partial charge is 0.450 e. The highest BCUT2D eigenvalue weighted by molar-refractivity contribution is 5.81. The molecule has 0 bridgehead atoms. The minimum Gasteiger partial charge on any atom is -0.450 e. The number of ketones is 1. The Kier molecular flexibility index (Phi) is 3.38. The number of aliphatic hydroxyl groups excluding tert-OH is 1. The van der Waals surface area contributed by atoms with Crippen molar-refractivity contribution < 1.29 is 24.5 Å². The van der Waals surface area contributed by atoms with E-state index in [0.717, 1.165) is 0 Å². The number of aliphatic hydroxyl groups is 1. The summed E-state index contributed by atoms with van der Waals surface area (Å²) in [6.07, 6.45) is -1.52. The number of carbonyl (C=O) groups excluding carboxylic acids is 1. The Morgan fingerprint density at radius 2 is 2.00 bits per heavy atom. The molecular formula is C4H6O5. The molecule has 0 fully saturated rings. The molecule has 5 heteroatoms. The third-order valence-electron chi connectivity index (χ3n) is 0.533. The molecule has 5 nitrogen and oxygen atoms in total. The van der Waals surface area contributed by atoms with Crippen LogP contribution in [0.1, 0.15) is 0 Å². The molecule has 0 aliphatic heterocycles. The van der Waals surface area contributed by atoms with Gasteiger partial charge < -0.3 is 14.9 Å². The van der Waals surface area contributed by atoms with Crippen LogP contribution in [0.2, 0.25) is 0 Å². The highest BCUT2D eigenvalue weighted by Gasteiger charge is 2.01. The average molecular weight is 134 g/mol. The molecule has 0 saturated heterocycles. The molecule has 9 heavy (non-hydrogen) atoms. The quantitative estimate of drug-likeness (QED) is 0.496. The Morgan fingerprint density at radius 3 is 2.33 bits per heavy atom. The highest BCUT2D eigenvalue weighted by atomic mass is 16.7. The SMILES string of the molecule is O=C(CO)COC(=O)O. The lowest BCUT2D eigenvalue weighted by Crippen LogP contribution is -2.14. The predicted molar refractivity (Wildman–Crippen MR) is 26.1 cm³/mol. The monoisotopic (exact) mass is 134 g/mol. The number of hydrogen-bond donors (Lipinski definition) is 2. The van der Waals surface area contributed by atoms with Gasteiger partial charge in [-0.15, -0.1) is 0 Å². The fourth-order valence-corrected chi connectivity index (χ4v) is 0.188. The lowest BCUT2D eigenvalue weighted by Gasteiger charge is -1.94. The van der Waals surface area contributed by atoms with E-state index in [-0.39, 0.29) is 0 Å². The fourth-order valence-electron chi connectivity index (χ4n) is 0.188. The van der Waals surface area contributed by atoms with Crippen LogP contribution in [0.5, 0.6) is 0 Å². The van der Waals surface area contributed by atoms with Crippen molar-refractivity contribution in [3.05, 3.63) is 0 Å². The van der Waals surface area contributed by atoms with Crippen molar-refractivity contribution in [3.63, 3.8) is 0 Å². The maximum absolute atomic E-state index is 10.1. The summed E-state index contributed by atoms with van der Waals surface area (Å²) in [6.45, 7) is -1.26. The van der Waals surface area contributed by atoms with Crippen molar-refractivity contribution in [2.45, 2.75) is 0 Å². The molecule has 0 aromatic heterocycles. The fraction of sp³-hybridized carbons (Fsp3) is 0.500. The lowest BCUT2D eigenvalue weighted by atomic mass is 10.5. The van der Waals surface area contributed by atoms with Gasteiger partial charge in [0.1, 0.15) is 6.61 Å². The van der Waals surface area contributed by atoms with Gasteiger partial charge in [0, 0.05) is 0 Å². The van der Waals surface area contributed by atoms with E-state index in [9.17, 15) is 9.59 Å². The topological polar surface area (TPSA) is 83.8 Å². The summed E-state index contributed by atoms with van der Waals surface area (Å²) < 4.78 is 3.80. The van der Waals surface area contributed by atoms with Gasteiger partial charge in [-0.1, -0.05) is 0 Å². The summed E-state index contributed by atoms with van der Waals surface area (Å²) in [6, 6.07) is 0. The standard InChI is InChI=1S/C4H6O5/c5-1-3(6)2-9-4(7)8/h5H,1-2H2,(H,7,8). The van der Waals surface area contributed by atoms with E-state index in [1.54, 1.807) is 0 Å². The van der Waals surface area contributed by atoms with Crippen LogP contribution in [0.25, 0.3) is 0 Å². The Balaban J connectivity index is 3.28. The van der Waals surface area contributed by atoms with E-state index >= 15 is 0 Å². The number of carboxylic acid groups (broad SMARTS) is 1. The molecular weight excluding hydrogens is 128 g/mol. The summed E-state index contributed by atoms with van der Waals surface area (Å²) in [5.41, 5.74) is 0. The summed E-state index contributed by atoms with van der Waals surface area (Å²) >= 11 is 0. The first-order valence-electron chi connectivity index (χ1n) is 2.15. The second kappa shape index (κ2) is 3.85. The Bertz CT molecular complexity index is 118. The molecule has 0 aromatic carbocycles. The van der Waals surface area contributed by atoms with Crippen LogP contribution >= 0.6 is 0 Å². The summed E-state index contributed by atoms with van der Waals surface area (Å²) in [5.74, 6) is -0.655. The van der Waals surface area contributed by atoms with E-state index in [1.165, 1.54) is 0 Å². The molecule has 0 heterocycles. The van der Waals surface area contributed by atoms with Gasteiger partial charge in [-0.3, -0.25) is 4.79 Å². The van der Waals surface area contributed by atoms with Crippen molar-refractivity contribution in [3.8, 4) is 0 Å². The third kappa shape index (κ3) is 4.76. The second-order valence-electron chi connectivity index (χ2n) is 1.25. The molecule has 0 aliphatic carbocycles. The zero-order valence-electron chi connectivity index (χ0n) is 4.53. The van der Waals surface area contributed by atoms with Gasteiger partial charge in [-0.2, -0.15) is 0 Å². The zero-order chi connectivity index (χ0) is 7.28. The number of Topliss-reactive ketones (excluding diaryl/α,β-unsaturated/α-hetero) is 1. The van der Waals surface area contributed by atoms with Crippen LogP contribution < -0.4 is 0 Å². The molecule has 0 aromatic rings. The molecule has 0 saturated carbocycles. The number of carbonyl (C=O) groups is 2. The summed E-state index contributed by atoms with van der Waals surface area (Å²) in [5, 5.41) is 15.8. The van der Waals surface area contributed by atoms with Gasteiger partial charge >= 0.3 is 6.16 Å². The zero-order valence-corrected chi connectivity index (χ0v) is 4.53. The maximum Gasteiger partial charge on any atom is 0.506 e. The van der Waals surface area contributed by atoms with E-state index in [0.29, 0.717) is 0 Å². The molecule has 0 rings (SSSR count). The minimum absolute atomic E-state index is 0.578. The minimum atomic E-state index is -1.52. The summed E-state index contributed by atoms with van der Waals surface area (Å²) in [7, 11) is 0. The molecule has 0 spiro atoms. The van der Waals surface area contributed by atoms with Crippen LogP contribution in [0.15, 0.2) is 0 Å². The largest absolute Gasteiger partial charge is 0.506 e. The maximum atomic E-state index is 10.1. The molecule has 0 unspecified atom stereocenters. The Morgan fingerprint density at radius 1 is 1.44 bits per heavy atom. The van der Waals surface area contributed by atoms with E-state index in [4.69, 9.17) is 10.2 Å². The molecule has 0 atom stereocenters. The molecule has 2 N–H and O–H groups in total. The first-order valence-corrected chi connectivity index (χ1v) is 2.15. The molecule has 0 aliphatic rings. The number of ether oxygens (including phenoxy) is 1. The van der Waals surface area contributed by atoms with E-state index < -0.39 is 25.2 Å². The molecule has 0 amide bonds. The van der Waals surface area contributed by atoms with Crippen molar-refractivity contribution >= 4 is 11.9 Å². The van der Waals surface area contributed by atoms with Gasteiger partial charge in [-0.05, 0) is 0 Å². The van der Waals surface area contributed by atoms with Crippen LogP contribution in [-0.4, -0.2) is 35.4 Å². The van der Waals surface area contributed by atoms with E-state index in [2.05, 4.69) is 4.74 Å². The van der Waals surface area contributed by atoms with Crippen molar-refractivity contribution in [2.24, 2.45) is 0 Å². The van der Waals surface area contributed by atoms with Crippen molar-refractivity contribution in [1.29, 1.82) is 0 Å².